The van der Waals surface area contributed by atoms with Gasteiger partial charge < -0.3 is 20.1 Å². The molecule has 2 amide bonds. The van der Waals surface area contributed by atoms with Gasteiger partial charge >= 0.3 is 6.03 Å². The van der Waals surface area contributed by atoms with Crippen molar-refractivity contribution < 1.29 is 14.3 Å². The van der Waals surface area contributed by atoms with Gasteiger partial charge in [0.1, 0.15) is 5.75 Å². The second-order valence-corrected chi connectivity index (χ2v) is 6.53. The fourth-order valence-corrected chi connectivity index (χ4v) is 3.23. The Morgan fingerprint density at radius 3 is 2.92 bits per heavy atom. The van der Waals surface area contributed by atoms with Gasteiger partial charge in [0, 0.05) is 31.0 Å². The van der Waals surface area contributed by atoms with E-state index in [4.69, 9.17) is 9.47 Å². The largest absolute Gasteiger partial charge is 0.496 e. The summed E-state index contributed by atoms with van der Waals surface area (Å²) in [6.07, 6.45) is 3.22. The number of para-hydroxylation sites is 1. The van der Waals surface area contributed by atoms with Gasteiger partial charge in [-0.1, -0.05) is 30.3 Å². The van der Waals surface area contributed by atoms with Crippen LogP contribution in [0.15, 0.2) is 48.5 Å². The van der Waals surface area contributed by atoms with Crippen LogP contribution in [0.5, 0.6) is 5.75 Å². The van der Waals surface area contributed by atoms with E-state index < -0.39 is 0 Å². The summed E-state index contributed by atoms with van der Waals surface area (Å²) in [4.78, 5) is 12.1. The molecule has 5 heteroatoms. The van der Waals surface area contributed by atoms with Crippen molar-refractivity contribution in [1.82, 2.24) is 5.32 Å². The predicted molar refractivity (Wildman–Crippen MR) is 104 cm³/mol. The highest BCUT2D eigenvalue weighted by Crippen LogP contribution is 2.30. The van der Waals surface area contributed by atoms with Gasteiger partial charge in [0.25, 0.3) is 0 Å². The number of nitrogens with one attached hydrogen (secondary N) is 2. The maximum absolute atomic E-state index is 12.1. The average molecular weight is 354 g/mol. The third-order valence-corrected chi connectivity index (χ3v) is 4.64. The van der Waals surface area contributed by atoms with Crippen LogP contribution in [0.1, 0.15) is 19.3 Å². The minimum Gasteiger partial charge on any atom is -0.496 e. The highest BCUT2D eigenvalue weighted by molar-refractivity contribution is 5.90. The number of rotatable bonds is 7. The van der Waals surface area contributed by atoms with Gasteiger partial charge in [-0.2, -0.15) is 0 Å². The molecule has 0 aromatic heterocycles. The number of urea groups is 1. The second-order valence-electron chi connectivity index (χ2n) is 6.53. The van der Waals surface area contributed by atoms with Crippen molar-refractivity contribution in [2.24, 2.45) is 5.92 Å². The lowest BCUT2D eigenvalue weighted by atomic mass is 10.0. The van der Waals surface area contributed by atoms with Crippen LogP contribution in [-0.4, -0.2) is 32.9 Å². The van der Waals surface area contributed by atoms with Gasteiger partial charge in [0.15, 0.2) is 0 Å². The molecule has 0 spiro atoms. The molecular formula is C21H26N2O3. The molecule has 0 radical (unpaired) electrons. The van der Waals surface area contributed by atoms with Crippen molar-refractivity contribution in [3.05, 3.63) is 48.5 Å². The first-order valence-corrected chi connectivity index (χ1v) is 9.12. The van der Waals surface area contributed by atoms with E-state index in [0.717, 1.165) is 55.0 Å². The number of carbonyl (C=O) groups excluding carboxylic acids is 1. The highest BCUT2D eigenvalue weighted by atomic mass is 16.5. The second kappa shape index (κ2) is 9.25. The number of ether oxygens (including phenoxy) is 2. The molecule has 1 atom stereocenters. The first-order chi connectivity index (χ1) is 12.8. The summed E-state index contributed by atoms with van der Waals surface area (Å²) in [5, 5.41) is 5.82. The first-order valence-electron chi connectivity index (χ1n) is 9.12. The predicted octanol–water partition coefficient (Wildman–Crippen LogP) is 4.30. The molecule has 26 heavy (non-hydrogen) atoms. The van der Waals surface area contributed by atoms with E-state index in [0.29, 0.717) is 12.5 Å². The minimum absolute atomic E-state index is 0.176. The van der Waals surface area contributed by atoms with E-state index in [9.17, 15) is 4.79 Å². The van der Waals surface area contributed by atoms with Gasteiger partial charge in [-0.15, -0.1) is 0 Å². The zero-order chi connectivity index (χ0) is 18.2. The Morgan fingerprint density at radius 2 is 2.12 bits per heavy atom. The Balaban J connectivity index is 1.52. The lowest BCUT2D eigenvalue weighted by Gasteiger charge is -2.12. The summed E-state index contributed by atoms with van der Waals surface area (Å²) in [5.74, 6) is 1.46. The number of benzene rings is 2. The molecule has 3 rings (SSSR count). The number of carbonyl (C=O) groups is 1. The van der Waals surface area contributed by atoms with Crippen LogP contribution >= 0.6 is 0 Å². The topological polar surface area (TPSA) is 59.6 Å². The van der Waals surface area contributed by atoms with Crippen molar-refractivity contribution in [2.45, 2.75) is 19.3 Å². The van der Waals surface area contributed by atoms with Crippen molar-refractivity contribution in [2.75, 3.05) is 32.2 Å². The van der Waals surface area contributed by atoms with Crippen LogP contribution in [0.4, 0.5) is 10.5 Å². The van der Waals surface area contributed by atoms with Crippen molar-refractivity contribution in [3.63, 3.8) is 0 Å². The van der Waals surface area contributed by atoms with Gasteiger partial charge in [-0.05, 0) is 48.9 Å². The zero-order valence-electron chi connectivity index (χ0n) is 15.2. The summed E-state index contributed by atoms with van der Waals surface area (Å²) < 4.78 is 10.8. The van der Waals surface area contributed by atoms with Crippen molar-refractivity contribution in [3.8, 4) is 16.9 Å². The van der Waals surface area contributed by atoms with Gasteiger partial charge in [0.2, 0.25) is 0 Å². The van der Waals surface area contributed by atoms with Crippen LogP contribution in [0.3, 0.4) is 0 Å². The molecule has 1 heterocycles. The monoisotopic (exact) mass is 354 g/mol. The molecule has 0 aliphatic carbocycles. The molecule has 0 bridgehead atoms. The van der Waals surface area contributed by atoms with Crippen molar-refractivity contribution >= 4 is 11.7 Å². The molecule has 2 N–H and O–H groups in total. The molecule has 1 saturated heterocycles. The van der Waals surface area contributed by atoms with Crippen LogP contribution in [0.25, 0.3) is 11.1 Å². The Kier molecular flexibility index (Phi) is 6.50. The van der Waals surface area contributed by atoms with Gasteiger partial charge in [-0.3, -0.25) is 0 Å². The minimum atomic E-state index is -0.176. The maximum atomic E-state index is 12.1. The molecule has 1 aliphatic heterocycles. The fourth-order valence-electron chi connectivity index (χ4n) is 3.23. The Labute approximate surface area is 154 Å². The van der Waals surface area contributed by atoms with Crippen LogP contribution in [0.2, 0.25) is 0 Å². The molecule has 1 fully saturated rings. The summed E-state index contributed by atoms with van der Waals surface area (Å²) in [5.41, 5.74) is 2.76. The van der Waals surface area contributed by atoms with Crippen LogP contribution in [-0.2, 0) is 4.74 Å². The Bertz CT molecular complexity index is 727. The lowest BCUT2D eigenvalue weighted by molar-refractivity contribution is 0.184. The van der Waals surface area contributed by atoms with E-state index in [1.165, 1.54) is 0 Å². The number of hydrogen-bond donors (Lipinski definition) is 2. The molecule has 0 saturated carbocycles. The third-order valence-electron chi connectivity index (χ3n) is 4.64. The normalized spacial score (nSPS) is 16.3. The maximum Gasteiger partial charge on any atom is 0.319 e. The third kappa shape index (κ3) is 4.99. The molecule has 2 aromatic rings. The smallest absolute Gasteiger partial charge is 0.319 e. The van der Waals surface area contributed by atoms with Gasteiger partial charge in [-0.25, -0.2) is 4.79 Å². The SMILES string of the molecule is COc1ccccc1-c1cccc(NC(=O)NCCCC2CCOC2)c1. The fraction of sp³-hybridized carbons (Fsp3) is 0.381. The van der Waals surface area contributed by atoms with E-state index in [1.54, 1.807) is 7.11 Å². The molecule has 1 unspecified atom stereocenters. The van der Waals surface area contributed by atoms with E-state index in [1.807, 2.05) is 48.5 Å². The standard InChI is InChI=1S/C21H26N2O3/c1-25-20-10-3-2-9-19(20)17-7-4-8-18(14-17)23-21(24)22-12-5-6-16-11-13-26-15-16/h2-4,7-10,14,16H,5-6,11-13,15H2,1H3,(H2,22,23,24). The summed E-state index contributed by atoms with van der Waals surface area (Å²) in [7, 11) is 1.66. The molecule has 5 nitrogen and oxygen atoms in total. The lowest BCUT2D eigenvalue weighted by Crippen LogP contribution is -2.29. The van der Waals surface area contributed by atoms with Gasteiger partial charge in [0.05, 0.1) is 7.11 Å². The first kappa shape index (κ1) is 18.3. The molecule has 2 aromatic carbocycles. The number of methoxy groups -OCH3 is 1. The molecule has 138 valence electrons. The van der Waals surface area contributed by atoms with E-state index >= 15 is 0 Å². The summed E-state index contributed by atoms with van der Waals surface area (Å²) >= 11 is 0. The summed E-state index contributed by atoms with van der Waals surface area (Å²) in [6, 6.07) is 15.4. The number of hydrogen-bond acceptors (Lipinski definition) is 3. The van der Waals surface area contributed by atoms with E-state index in [-0.39, 0.29) is 6.03 Å². The Morgan fingerprint density at radius 1 is 1.23 bits per heavy atom. The van der Waals surface area contributed by atoms with Crippen LogP contribution < -0.4 is 15.4 Å². The Hall–Kier alpha value is -2.53. The quantitative estimate of drug-likeness (QED) is 0.729. The van der Waals surface area contributed by atoms with Crippen LogP contribution in [0, 0.1) is 5.92 Å². The molecular weight excluding hydrogens is 328 g/mol. The average Bonchev–Trinajstić information content (AvgIpc) is 3.19. The number of amides is 2. The van der Waals surface area contributed by atoms with E-state index in [2.05, 4.69) is 10.6 Å². The summed E-state index contributed by atoms with van der Waals surface area (Å²) in [6.45, 7) is 2.41. The highest BCUT2D eigenvalue weighted by Gasteiger charge is 2.14. The zero-order valence-corrected chi connectivity index (χ0v) is 15.2. The molecule has 1 aliphatic rings. The van der Waals surface area contributed by atoms with Crippen molar-refractivity contribution in [1.29, 1.82) is 0 Å². The number of anilines is 1.